The largest absolute Gasteiger partial charge is 0.393 e. The number of benzene rings is 1. The molecule has 0 bridgehead atoms. The van der Waals surface area contributed by atoms with Crippen LogP contribution in [0.5, 0.6) is 0 Å². The highest BCUT2D eigenvalue weighted by Gasteiger charge is 2.26. The number of piperidine rings is 1. The summed E-state index contributed by atoms with van der Waals surface area (Å²) in [4.78, 5) is 14.0. The van der Waals surface area contributed by atoms with E-state index in [0.29, 0.717) is 25.3 Å². The maximum Gasteiger partial charge on any atom is 0.232 e. The molecule has 1 aromatic rings. The van der Waals surface area contributed by atoms with E-state index in [9.17, 15) is 9.90 Å². The summed E-state index contributed by atoms with van der Waals surface area (Å²) in [5.41, 5.74) is 1.14. The van der Waals surface area contributed by atoms with E-state index >= 15 is 0 Å². The predicted molar refractivity (Wildman–Crippen MR) is 84.0 cm³/mol. The Bertz CT molecular complexity index is 469. The Labute approximate surface area is 129 Å². The van der Waals surface area contributed by atoms with Gasteiger partial charge in [-0.2, -0.15) is 0 Å². The summed E-state index contributed by atoms with van der Waals surface area (Å²) in [5, 5.41) is 10.4. The molecule has 1 aliphatic rings. The highest BCUT2D eigenvalue weighted by Crippen LogP contribution is 2.20. The maximum atomic E-state index is 12.1. The Balaban J connectivity index is 1.75. The van der Waals surface area contributed by atoms with Crippen molar-refractivity contribution in [2.45, 2.75) is 25.2 Å². The van der Waals surface area contributed by atoms with Crippen molar-refractivity contribution >= 4 is 29.3 Å². The van der Waals surface area contributed by atoms with Crippen LogP contribution in [0, 0.1) is 5.92 Å². The van der Waals surface area contributed by atoms with Crippen LogP contribution in [0.2, 0.25) is 5.02 Å². The van der Waals surface area contributed by atoms with E-state index in [1.54, 1.807) is 11.8 Å². The lowest BCUT2D eigenvalue weighted by molar-refractivity contribution is -0.131. The molecule has 0 radical (unpaired) electrons. The summed E-state index contributed by atoms with van der Waals surface area (Å²) in [5.74, 6) is 1.61. The molecular weight excluding hydrogens is 294 g/mol. The van der Waals surface area contributed by atoms with E-state index in [1.807, 2.05) is 36.1 Å². The van der Waals surface area contributed by atoms with Crippen LogP contribution in [0.15, 0.2) is 24.3 Å². The second-order valence-corrected chi connectivity index (χ2v) is 6.72. The summed E-state index contributed by atoms with van der Waals surface area (Å²) in [6, 6.07) is 7.72. The summed E-state index contributed by atoms with van der Waals surface area (Å²) in [7, 11) is 0. The van der Waals surface area contributed by atoms with Crippen molar-refractivity contribution in [3.05, 3.63) is 34.9 Å². The molecule has 1 aliphatic heterocycles. The van der Waals surface area contributed by atoms with Crippen molar-refractivity contribution in [3.63, 3.8) is 0 Å². The van der Waals surface area contributed by atoms with E-state index in [2.05, 4.69) is 0 Å². The molecule has 110 valence electrons. The zero-order valence-corrected chi connectivity index (χ0v) is 13.2. The molecule has 20 heavy (non-hydrogen) atoms. The molecule has 0 spiro atoms. The predicted octanol–water partition coefficient (Wildman–Crippen LogP) is 2.80. The lowest BCUT2D eigenvalue weighted by Crippen LogP contribution is -2.45. The second kappa shape index (κ2) is 7.34. The van der Waals surface area contributed by atoms with E-state index in [-0.39, 0.29) is 17.9 Å². The Hall–Kier alpha value is -0.710. The fourth-order valence-corrected chi connectivity index (χ4v) is 3.42. The minimum atomic E-state index is -0.266. The van der Waals surface area contributed by atoms with Crippen LogP contribution < -0.4 is 0 Å². The molecule has 2 unspecified atom stereocenters. The highest BCUT2D eigenvalue weighted by molar-refractivity contribution is 7.99. The number of rotatable bonds is 4. The average molecular weight is 314 g/mol. The van der Waals surface area contributed by atoms with Crippen molar-refractivity contribution in [1.82, 2.24) is 4.90 Å². The second-order valence-electron chi connectivity index (χ2n) is 5.30. The lowest BCUT2D eigenvalue weighted by atomic mass is 9.97. The van der Waals surface area contributed by atoms with Crippen molar-refractivity contribution < 1.29 is 9.90 Å². The quantitative estimate of drug-likeness (QED) is 0.929. The number of carbonyl (C=O) groups is 1. The normalized spacial score (nSPS) is 22.9. The lowest BCUT2D eigenvalue weighted by Gasteiger charge is -2.34. The SMILES string of the molecule is CC1CN(C(=O)CSCc2cccc(Cl)c2)CCC1O. The van der Waals surface area contributed by atoms with Gasteiger partial charge in [-0.15, -0.1) is 11.8 Å². The molecular formula is C15H20ClNO2S. The van der Waals surface area contributed by atoms with Crippen molar-refractivity contribution in [2.75, 3.05) is 18.8 Å². The molecule has 0 saturated carbocycles. The Morgan fingerprint density at radius 3 is 3.05 bits per heavy atom. The van der Waals surface area contributed by atoms with Gasteiger partial charge in [0, 0.05) is 23.9 Å². The van der Waals surface area contributed by atoms with Gasteiger partial charge in [0.1, 0.15) is 0 Å². The molecule has 0 aliphatic carbocycles. The van der Waals surface area contributed by atoms with Gasteiger partial charge in [-0.3, -0.25) is 4.79 Å². The van der Waals surface area contributed by atoms with Crippen molar-refractivity contribution in [1.29, 1.82) is 0 Å². The first-order chi connectivity index (χ1) is 9.56. The number of aliphatic hydroxyl groups is 1. The number of likely N-dealkylation sites (tertiary alicyclic amines) is 1. The number of halogens is 1. The van der Waals surface area contributed by atoms with Crippen molar-refractivity contribution in [2.24, 2.45) is 5.92 Å². The fourth-order valence-electron chi connectivity index (χ4n) is 2.33. The minimum absolute atomic E-state index is 0.163. The van der Waals surface area contributed by atoms with Gasteiger partial charge >= 0.3 is 0 Å². The first-order valence-corrected chi connectivity index (χ1v) is 8.37. The van der Waals surface area contributed by atoms with Crippen LogP contribution in [-0.2, 0) is 10.5 Å². The van der Waals surface area contributed by atoms with Crippen LogP contribution in [0.25, 0.3) is 0 Å². The van der Waals surface area contributed by atoms with E-state index < -0.39 is 0 Å². The summed E-state index contributed by atoms with van der Waals surface area (Å²) < 4.78 is 0. The fraction of sp³-hybridized carbons (Fsp3) is 0.533. The molecule has 1 saturated heterocycles. The van der Waals surface area contributed by atoms with Gasteiger partial charge in [-0.05, 0) is 30.0 Å². The highest BCUT2D eigenvalue weighted by atomic mass is 35.5. The Kier molecular flexibility index (Phi) is 5.75. The third-order valence-corrected chi connectivity index (χ3v) is 4.82. The molecule has 2 rings (SSSR count). The number of amides is 1. The zero-order chi connectivity index (χ0) is 14.5. The Morgan fingerprint density at radius 1 is 1.55 bits per heavy atom. The number of thioether (sulfide) groups is 1. The van der Waals surface area contributed by atoms with Crippen LogP contribution in [0.3, 0.4) is 0 Å². The number of nitrogens with zero attached hydrogens (tertiary/aromatic N) is 1. The first-order valence-electron chi connectivity index (χ1n) is 6.84. The number of hydrogen-bond acceptors (Lipinski definition) is 3. The molecule has 0 aromatic heterocycles. The smallest absolute Gasteiger partial charge is 0.232 e. The number of hydrogen-bond donors (Lipinski definition) is 1. The van der Waals surface area contributed by atoms with Crippen molar-refractivity contribution in [3.8, 4) is 0 Å². The summed E-state index contributed by atoms with van der Waals surface area (Å²) in [6.07, 6.45) is 0.421. The van der Waals surface area contributed by atoms with Gasteiger partial charge in [-0.1, -0.05) is 30.7 Å². The van der Waals surface area contributed by atoms with E-state index in [1.165, 1.54) is 0 Å². The standard InChI is InChI=1S/C15H20ClNO2S/c1-11-8-17(6-5-14(11)18)15(19)10-20-9-12-3-2-4-13(16)7-12/h2-4,7,11,14,18H,5-6,8-10H2,1H3. The van der Waals surface area contributed by atoms with Gasteiger partial charge in [0.2, 0.25) is 5.91 Å². The molecule has 1 heterocycles. The molecule has 1 aromatic carbocycles. The van der Waals surface area contributed by atoms with E-state index in [0.717, 1.165) is 16.3 Å². The van der Waals surface area contributed by atoms with E-state index in [4.69, 9.17) is 11.6 Å². The minimum Gasteiger partial charge on any atom is -0.393 e. The maximum absolute atomic E-state index is 12.1. The summed E-state index contributed by atoms with van der Waals surface area (Å²) >= 11 is 7.54. The van der Waals surface area contributed by atoms with Gasteiger partial charge in [0.25, 0.3) is 0 Å². The first kappa shape index (κ1) is 15.7. The molecule has 1 amide bonds. The molecule has 1 fully saturated rings. The van der Waals surface area contributed by atoms with Gasteiger partial charge < -0.3 is 10.0 Å². The van der Waals surface area contributed by atoms with Crippen LogP contribution in [0.1, 0.15) is 18.9 Å². The molecule has 2 atom stereocenters. The topological polar surface area (TPSA) is 40.5 Å². The molecule has 5 heteroatoms. The zero-order valence-electron chi connectivity index (χ0n) is 11.6. The summed E-state index contributed by atoms with van der Waals surface area (Å²) in [6.45, 7) is 3.32. The molecule has 3 nitrogen and oxygen atoms in total. The van der Waals surface area contributed by atoms with Gasteiger partial charge in [-0.25, -0.2) is 0 Å². The number of carbonyl (C=O) groups excluding carboxylic acids is 1. The monoisotopic (exact) mass is 313 g/mol. The van der Waals surface area contributed by atoms with Crippen LogP contribution >= 0.6 is 23.4 Å². The van der Waals surface area contributed by atoms with Crippen LogP contribution in [-0.4, -0.2) is 40.9 Å². The average Bonchev–Trinajstić information content (AvgIpc) is 2.42. The third kappa shape index (κ3) is 4.40. The van der Waals surface area contributed by atoms with Gasteiger partial charge in [0.15, 0.2) is 0 Å². The van der Waals surface area contributed by atoms with Crippen LogP contribution in [0.4, 0.5) is 0 Å². The molecule has 1 N–H and O–H groups in total. The third-order valence-electron chi connectivity index (χ3n) is 3.60. The Morgan fingerprint density at radius 2 is 2.35 bits per heavy atom. The number of aliphatic hydroxyl groups excluding tert-OH is 1. The van der Waals surface area contributed by atoms with Gasteiger partial charge in [0.05, 0.1) is 11.9 Å².